The van der Waals surface area contributed by atoms with E-state index in [0.717, 1.165) is 50.3 Å². The predicted molar refractivity (Wildman–Crippen MR) is 141 cm³/mol. The van der Waals surface area contributed by atoms with Crippen LogP contribution in [-0.2, 0) is 0 Å². The van der Waals surface area contributed by atoms with Crippen molar-refractivity contribution in [1.29, 1.82) is 0 Å². The molecule has 0 bridgehead atoms. The van der Waals surface area contributed by atoms with Gasteiger partial charge in [0, 0.05) is 12.5 Å². The summed E-state index contributed by atoms with van der Waals surface area (Å²) in [4.78, 5) is 5.18. The fraction of sp³-hybridized carbons (Fsp3) is 0.500. The first-order valence-corrected chi connectivity index (χ1v) is 12.6. The summed E-state index contributed by atoms with van der Waals surface area (Å²) in [5.74, 6) is -1.25. The molecule has 34 heavy (non-hydrogen) atoms. The van der Waals surface area contributed by atoms with Gasteiger partial charge in [-0.1, -0.05) is 62.5 Å². The Kier molecular flexibility index (Phi) is 9.04. The zero-order chi connectivity index (χ0) is 24.7. The quantitative estimate of drug-likeness (QED) is 0.345. The number of allylic oxidation sites excluding steroid dienone is 10. The summed E-state index contributed by atoms with van der Waals surface area (Å²) >= 11 is 0. The van der Waals surface area contributed by atoms with Crippen LogP contribution in [0.2, 0.25) is 0 Å². The first-order valence-electron chi connectivity index (χ1n) is 12.6. The lowest BCUT2D eigenvalue weighted by molar-refractivity contribution is 0.0664. The predicted octanol–water partition coefficient (Wildman–Crippen LogP) is 7.89. The van der Waals surface area contributed by atoms with E-state index in [2.05, 4.69) is 50.8 Å². The highest BCUT2D eigenvalue weighted by Crippen LogP contribution is 2.36. The van der Waals surface area contributed by atoms with E-state index in [-0.39, 0.29) is 23.5 Å². The summed E-state index contributed by atoms with van der Waals surface area (Å²) in [6, 6.07) is 0.106. The summed E-state index contributed by atoms with van der Waals surface area (Å²) in [6.45, 7) is 9.25. The van der Waals surface area contributed by atoms with Gasteiger partial charge in [-0.15, -0.1) is 6.58 Å². The van der Waals surface area contributed by atoms with Crippen LogP contribution in [0.5, 0.6) is 0 Å². The van der Waals surface area contributed by atoms with E-state index >= 15 is 0 Å². The van der Waals surface area contributed by atoms with Crippen molar-refractivity contribution in [3.63, 3.8) is 0 Å². The molecule has 0 spiro atoms. The Balaban J connectivity index is 1.75. The van der Waals surface area contributed by atoms with E-state index in [9.17, 15) is 8.78 Å². The lowest BCUT2D eigenvalue weighted by Crippen LogP contribution is -2.23. The van der Waals surface area contributed by atoms with Gasteiger partial charge in [0.1, 0.15) is 0 Å². The third-order valence-corrected chi connectivity index (χ3v) is 7.01. The third-order valence-electron chi connectivity index (χ3n) is 7.01. The van der Waals surface area contributed by atoms with E-state index < -0.39 is 5.92 Å². The highest BCUT2D eigenvalue weighted by atomic mass is 19.3. The number of rotatable bonds is 9. The molecular formula is C30H40F2N2. The first-order chi connectivity index (χ1) is 16.2. The number of alkyl halides is 2. The molecule has 0 saturated heterocycles. The van der Waals surface area contributed by atoms with Crippen LogP contribution in [0.25, 0.3) is 0 Å². The van der Waals surface area contributed by atoms with Gasteiger partial charge in [-0.3, -0.25) is 4.99 Å². The van der Waals surface area contributed by atoms with Crippen LogP contribution in [-0.4, -0.2) is 17.7 Å². The van der Waals surface area contributed by atoms with Crippen LogP contribution in [0, 0.1) is 23.7 Å². The molecule has 0 amide bonds. The van der Waals surface area contributed by atoms with Gasteiger partial charge in [0.2, 0.25) is 0 Å². The second-order valence-electron chi connectivity index (χ2n) is 10.3. The molecule has 0 radical (unpaired) electrons. The third kappa shape index (κ3) is 7.01. The molecule has 4 unspecified atom stereocenters. The average Bonchev–Trinajstić information content (AvgIpc) is 2.82. The number of hydrogen-bond donors (Lipinski definition) is 1. The second-order valence-corrected chi connectivity index (χ2v) is 10.3. The molecule has 2 N–H and O–H groups in total. The van der Waals surface area contributed by atoms with Crippen molar-refractivity contribution < 1.29 is 8.78 Å². The Bertz CT molecular complexity index is 937. The molecule has 2 nitrogen and oxygen atoms in total. The Morgan fingerprint density at radius 1 is 1.12 bits per heavy atom. The molecule has 4 atom stereocenters. The minimum atomic E-state index is -2.79. The summed E-state index contributed by atoms with van der Waals surface area (Å²) in [5, 5.41) is 0. The molecule has 3 aliphatic carbocycles. The maximum Gasteiger partial charge on any atom is 0.270 e. The van der Waals surface area contributed by atoms with E-state index in [1.807, 2.05) is 12.2 Å². The Morgan fingerprint density at radius 2 is 1.88 bits per heavy atom. The SMILES string of the molecule is C=CCCC1C=CC(C(CC(C)C)N=C2C=CC(C3C=CC(C(C)(F)F)=CC3)CC2=CN)=CC1. The Labute approximate surface area is 204 Å². The number of nitrogens with zero attached hydrogens (tertiary/aromatic N) is 1. The van der Waals surface area contributed by atoms with Gasteiger partial charge < -0.3 is 5.73 Å². The lowest BCUT2D eigenvalue weighted by Gasteiger charge is -2.29. The molecule has 3 rings (SSSR count). The van der Waals surface area contributed by atoms with Crippen LogP contribution < -0.4 is 5.73 Å². The van der Waals surface area contributed by atoms with E-state index in [4.69, 9.17) is 10.7 Å². The molecular weight excluding hydrogens is 426 g/mol. The first kappa shape index (κ1) is 26.1. The van der Waals surface area contributed by atoms with Crippen molar-refractivity contribution in [3.05, 3.63) is 84.2 Å². The number of aliphatic imine (C=N–C) groups is 1. The lowest BCUT2D eigenvalue weighted by atomic mass is 9.77. The van der Waals surface area contributed by atoms with Crippen molar-refractivity contribution in [2.45, 2.75) is 71.3 Å². The van der Waals surface area contributed by atoms with Gasteiger partial charge in [0.15, 0.2) is 0 Å². The van der Waals surface area contributed by atoms with Crippen LogP contribution in [0.3, 0.4) is 0 Å². The van der Waals surface area contributed by atoms with Crippen molar-refractivity contribution in [1.82, 2.24) is 0 Å². The van der Waals surface area contributed by atoms with Crippen molar-refractivity contribution in [3.8, 4) is 0 Å². The van der Waals surface area contributed by atoms with Crippen LogP contribution in [0.15, 0.2) is 89.2 Å². The molecule has 0 saturated carbocycles. The second kappa shape index (κ2) is 11.8. The van der Waals surface area contributed by atoms with E-state index in [0.29, 0.717) is 18.3 Å². The minimum absolute atomic E-state index is 0.106. The van der Waals surface area contributed by atoms with Crippen LogP contribution in [0.4, 0.5) is 8.78 Å². The molecule has 0 fully saturated rings. The summed E-state index contributed by atoms with van der Waals surface area (Å²) in [6.07, 6.45) is 25.7. The highest BCUT2D eigenvalue weighted by Gasteiger charge is 2.30. The zero-order valence-corrected chi connectivity index (χ0v) is 20.9. The van der Waals surface area contributed by atoms with Crippen molar-refractivity contribution >= 4 is 5.71 Å². The molecule has 0 aromatic heterocycles. The van der Waals surface area contributed by atoms with Gasteiger partial charge in [0.05, 0.1) is 11.8 Å². The minimum Gasteiger partial charge on any atom is -0.404 e. The molecule has 0 aromatic carbocycles. The Hall–Kier alpha value is -2.49. The highest BCUT2D eigenvalue weighted by molar-refractivity contribution is 6.09. The fourth-order valence-corrected chi connectivity index (χ4v) is 4.95. The number of nitrogens with two attached hydrogens (primary N) is 1. The van der Waals surface area contributed by atoms with E-state index in [1.54, 1.807) is 18.4 Å². The van der Waals surface area contributed by atoms with Gasteiger partial charge in [-0.05, 0) is 85.6 Å². The summed E-state index contributed by atoms with van der Waals surface area (Å²) in [5.41, 5.74) is 9.42. The van der Waals surface area contributed by atoms with Crippen molar-refractivity contribution in [2.24, 2.45) is 34.4 Å². The van der Waals surface area contributed by atoms with Gasteiger partial charge >= 0.3 is 0 Å². The van der Waals surface area contributed by atoms with Crippen molar-refractivity contribution in [2.75, 3.05) is 0 Å². The smallest absolute Gasteiger partial charge is 0.270 e. The Morgan fingerprint density at radius 3 is 2.44 bits per heavy atom. The molecule has 184 valence electrons. The number of halogens is 2. The maximum absolute atomic E-state index is 13.6. The standard InChI is InChI=1S/C30H40F2N2/c1-5-6-7-22-8-10-24(11-9-22)29(18-21(2)3)34-28-17-14-25(19-26(28)20-33)23-12-15-27(16-13-23)30(4,31)32/h5,8,10-12,14-17,20-23,25,29H,1,6-7,9,13,18-19,33H2,2-4H3. The van der Waals surface area contributed by atoms with Gasteiger partial charge in [-0.2, -0.15) is 0 Å². The molecule has 4 heteroatoms. The van der Waals surface area contributed by atoms with Crippen LogP contribution >= 0.6 is 0 Å². The topological polar surface area (TPSA) is 38.4 Å². The molecule has 0 heterocycles. The van der Waals surface area contributed by atoms with Gasteiger partial charge in [-0.25, -0.2) is 8.78 Å². The average molecular weight is 467 g/mol. The molecule has 3 aliphatic rings. The van der Waals surface area contributed by atoms with E-state index in [1.165, 1.54) is 5.57 Å². The number of hydrogen-bond acceptors (Lipinski definition) is 2. The molecule has 0 aliphatic heterocycles. The fourth-order valence-electron chi connectivity index (χ4n) is 4.95. The largest absolute Gasteiger partial charge is 0.404 e. The van der Waals surface area contributed by atoms with Crippen LogP contribution in [0.1, 0.15) is 59.3 Å². The summed E-state index contributed by atoms with van der Waals surface area (Å²) in [7, 11) is 0. The molecule has 0 aromatic rings. The zero-order valence-electron chi connectivity index (χ0n) is 20.9. The normalized spacial score (nSPS) is 28.4. The van der Waals surface area contributed by atoms with Gasteiger partial charge in [0.25, 0.3) is 5.92 Å². The summed E-state index contributed by atoms with van der Waals surface area (Å²) < 4.78 is 27.2. The monoisotopic (exact) mass is 466 g/mol. The maximum atomic E-state index is 13.6.